The first-order chi connectivity index (χ1) is 8.56. The molecule has 2 aromatic rings. The van der Waals surface area contributed by atoms with E-state index in [-0.39, 0.29) is 0 Å². The zero-order valence-electron chi connectivity index (χ0n) is 10.7. The zero-order chi connectivity index (χ0) is 13.1. The van der Waals surface area contributed by atoms with Crippen LogP contribution in [0, 0.1) is 10.5 Å². The summed E-state index contributed by atoms with van der Waals surface area (Å²) in [4.78, 5) is 2.18. The third kappa shape index (κ3) is 3.16. The Morgan fingerprint density at radius 1 is 1.11 bits per heavy atom. The number of nitrogen functional groups attached to an aromatic ring is 1. The van der Waals surface area contributed by atoms with Crippen molar-refractivity contribution in [2.75, 3.05) is 17.7 Å². The van der Waals surface area contributed by atoms with E-state index in [1.54, 1.807) is 0 Å². The summed E-state index contributed by atoms with van der Waals surface area (Å²) in [6, 6.07) is 14.8. The van der Waals surface area contributed by atoms with Gasteiger partial charge in [-0.1, -0.05) is 29.8 Å². The van der Waals surface area contributed by atoms with Crippen molar-refractivity contribution in [1.82, 2.24) is 0 Å². The summed E-state index contributed by atoms with van der Waals surface area (Å²) in [6.07, 6.45) is 0. The maximum absolute atomic E-state index is 6.05. The van der Waals surface area contributed by atoms with Gasteiger partial charge < -0.3 is 10.6 Å². The number of aryl methyl sites for hydroxylation is 1. The standard InChI is InChI=1S/C15H17IN2/c1-11-3-5-12(6-4-11)10-18(2)15-8-7-13(16)9-14(15)17/h3-9H,10,17H2,1-2H3. The fourth-order valence-corrected chi connectivity index (χ4v) is 2.44. The highest BCUT2D eigenvalue weighted by atomic mass is 127. The number of benzene rings is 2. The minimum absolute atomic E-state index is 0.830. The summed E-state index contributed by atoms with van der Waals surface area (Å²) in [7, 11) is 2.07. The van der Waals surface area contributed by atoms with Gasteiger partial charge in [0.25, 0.3) is 0 Å². The molecule has 2 nitrogen and oxygen atoms in total. The van der Waals surface area contributed by atoms with E-state index in [4.69, 9.17) is 5.73 Å². The first kappa shape index (κ1) is 13.2. The molecule has 0 spiro atoms. The first-order valence-electron chi connectivity index (χ1n) is 5.88. The van der Waals surface area contributed by atoms with Crippen molar-refractivity contribution in [3.05, 3.63) is 57.2 Å². The van der Waals surface area contributed by atoms with Crippen LogP contribution >= 0.6 is 22.6 Å². The summed E-state index contributed by atoms with van der Waals surface area (Å²) in [6.45, 7) is 2.97. The second kappa shape index (κ2) is 5.61. The molecule has 0 saturated carbocycles. The Kier molecular flexibility index (Phi) is 4.11. The Bertz CT molecular complexity index is 535. The van der Waals surface area contributed by atoms with Gasteiger partial charge >= 0.3 is 0 Å². The van der Waals surface area contributed by atoms with Crippen LogP contribution in [0.2, 0.25) is 0 Å². The molecule has 0 aliphatic carbocycles. The quantitative estimate of drug-likeness (QED) is 0.672. The molecule has 0 unspecified atom stereocenters. The van der Waals surface area contributed by atoms with E-state index in [1.165, 1.54) is 11.1 Å². The van der Waals surface area contributed by atoms with Crippen molar-refractivity contribution in [2.45, 2.75) is 13.5 Å². The molecule has 0 amide bonds. The molecule has 0 aromatic heterocycles. The number of rotatable bonds is 3. The van der Waals surface area contributed by atoms with E-state index in [0.717, 1.165) is 21.5 Å². The SMILES string of the molecule is Cc1ccc(CN(C)c2ccc(I)cc2N)cc1. The summed E-state index contributed by atoms with van der Waals surface area (Å²) in [5, 5.41) is 0. The van der Waals surface area contributed by atoms with Crippen LogP contribution in [0.5, 0.6) is 0 Å². The molecule has 0 atom stereocenters. The molecule has 0 heterocycles. The average Bonchev–Trinajstić information content (AvgIpc) is 2.32. The maximum Gasteiger partial charge on any atom is 0.0601 e. The van der Waals surface area contributed by atoms with Crippen LogP contribution in [0.4, 0.5) is 11.4 Å². The molecular weight excluding hydrogens is 335 g/mol. The minimum atomic E-state index is 0.830. The number of hydrogen-bond acceptors (Lipinski definition) is 2. The molecule has 2 rings (SSSR count). The summed E-state index contributed by atoms with van der Waals surface area (Å²) < 4.78 is 1.16. The van der Waals surface area contributed by atoms with Gasteiger partial charge in [0.05, 0.1) is 11.4 Å². The molecule has 18 heavy (non-hydrogen) atoms. The Hall–Kier alpha value is -1.23. The maximum atomic E-state index is 6.05. The highest BCUT2D eigenvalue weighted by molar-refractivity contribution is 14.1. The number of nitrogens with zero attached hydrogens (tertiary/aromatic N) is 1. The molecule has 0 aliphatic heterocycles. The van der Waals surface area contributed by atoms with Crippen molar-refractivity contribution < 1.29 is 0 Å². The van der Waals surface area contributed by atoms with Crippen molar-refractivity contribution in [3.8, 4) is 0 Å². The highest BCUT2D eigenvalue weighted by Gasteiger charge is 2.06. The van der Waals surface area contributed by atoms with E-state index in [9.17, 15) is 0 Å². The number of nitrogens with two attached hydrogens (primary N) is 1. The van der Waals surface area contributed by atoms with E-state index in [2.05, 4.69) is 77.9 Å². The number of anilines is 2. The predicted molar refractivity (Wildman–Crippen MR) is 86.9 cm³/mol. The van der Waals surface area contributed by atoms with Crippen LogP contribution in [0.1, 0.15) is 11.1 Å². The average molecular weight is 352 g/mol. The predicted octanol–water partition coefficient (Wildman–Crippen LogP) is 3.82. The molecule has 2 aromatic carbocycles. The number of halogens is 1. The van der Waals surface area contributed by atoms with Crippen LogP contribution in [0.3, 0.4) is 0 Å². The fraction of sp³-hybridized carbons (Fsp3) is 0.200. The van der Waals surface area contributed by atoms with Gasteiger partial charge in [-0.25, -0.2) is 0 Å². The molecule has 0 radical (unpaired) electrons. The summed E-state index contributed by atoms with van der Waals surface area (Å²) >= 11 is 2.27. The molecule has 0 bridgehead atoms. The molecule has 2 N–H and O–H groups in total. The van der Waals surface area contributed by atoms with Gasteiger partial charge in [0, 0.05) is 17.2 Å². The summed E-state index contributed by atoms with van der Waals surface area (Å²) in [5.41, 5.74) is 10.5. The fourth-order valence-electron chi connectivity index (χ4n) is 1.93. The van der Waals surface area contributed by atoms with Gasteiger partial charge in [0.1, 0.15) is 0 Å². The molecule has 0 fully saturated rings. The number of hydrogen-bond donors (Lipinski definition) is 1. The van der Waals surface area contributed by atoms with Crippen molar-refractivity contribution in [2.24, 2.45) is 0 Å². The lowest BCUT2D eigenvalue weighted by molar-refractivity contribution is 0.924. The van der Waals surface area contributed by atoms with E-state index in [1.807, 2.05) is 6.07 Å². The zero-order valence-corrected chi connectivity index (χ0v) is 12.8. The lowest BCUT2D eigenvalue weighted by Gasteiger charge is -2.21. The van der Waals surface area contributed by atoms with Crippen LogP contribution in [-0.4, -0.2) is 7.05 Å². The minimum Gasteiger partial charge on any atom is -0.397 e. The van der Waals surface area contributed by atoms with Gasteiger partial charge in [-0.05, 0) is 53.3 Å². The Morgan fingerprint density at radius 3 is 2.39 bits per heavy atom. The highest BCUT2D eigenvalue weighted by Crippen LogP contribution is 2.25. The van der Waals surface area contributed by atoms with Crippen molar-refractivity contribution >= 4 is 34.0 Å². The third-order valence-corrected chi connectivity index (χ3v) is 3.61. The van der Waals surface area contributed by atoms with Crippen LogP contribution in [-0.2, 0) is 6.54 Å². The van der Waals surface area contributed by atoms with Crippen molar-refractivity contribution in [3.63, 3.8) is 0 Å². The van der Waals surface area contributed by atoms with Gasteiger partial charge in [-0.15, -0.1) is 0 Å². The van der Waals surface area contributed by atoms with Gasteiger partial charge in [0.15, 0.2) is 0 Å². The lowest BCUT2D eigenvalue weighted by Crippen LogP contribution is -2.17. The monoisotopic (exact) mass is 352 g/mol. The van der Waals surface area contributed by atoms with Crippen molar-refractivity contribution in [1.29, 1.82) is 0 Å². The Balaban J connectivity index is 2.16. The summed E-state index contributed by atoms with van der Waals surface area (Å²) in [5.74, 6) is 0. The second-order valence-corrected chi connectivity index (χ2v) is 5.79. The molecule has 94 valence electrons. The smallest absolute Gasteiger partial charge is 0.0601 e. The first-order valence-corrected chi connectivity index (χ1v) is 6.96. The third-order valence-electron chi connectivity index (χ3n) is 2.94. The van der Waals surface area contributed by atoms with E-state index >= 15 is 0 Å². The van der Waals surface area contributed by atoms with Gasteiger partial charge in [-0.3, -0.25) is 0 Å². The largest absolute Gasteiger partial charge is 0.397 e. The second-order valence-electron chi connectivity index (χ2n) is 4.54. The topological polar surface area (TPSA) is 29.3 Å². The van der Waals surface area contributed by atoms with E-state index < -0.39 is 0 Å². The van der Waals surface area contributed by atoms with Gasteiger partial charge in [-0.2, -0.15) is 0 Å². The molecular formula is C15H17IN2. The lowest BCUT2D eigenvalue weighted by atomic mass is 10.1. The normalized spacial score (nSPS) is 10.4. The Morgan fingerprint density at radius 2 is 1.78 bits per heavy atom. The Labute approximate surface area is 122 Å². The van der Waals surface area contributed by atoms with E-state index in [0.29, 0.717) is 0 Å². The van der Waals surface area contributed by atoms with Crippen LogP contribution in [0.15, 0.2) is 42.5 Å². The van der Waals surface area contributed by atoms with Crippen LogP contribution in [0.25, 0.3) is 0 Å². The van der Waals surface area contributed by atoms with Gasteiger partial charge in [0.2, 0.25) is 0 Å². The van der Waals surface area contributed by atoms with Crippen LogP contribution < -0.4 is 10.6 Å². The molecule has 0 saturated heterocycles. The molecule has 0 aliphatic rings. The molecule has 3 heteroatoms.